The highest BCUT2D eigenvalue weighted by molar-refractivity contribution is 5.78. The van der Waals surface area contributed by atoms with Crippen molar-refractivity contribution >= 4 is 0 Å². The Kier molecular flexibility index (Phi) is 5.87. The summed E-state index contributed by atoms with van der Waals surface area (Å²) in [7, 11) is 1.70. The molecule has 0 spiro atoms. The van der Waals surface area contributed by atoms with Crippen molar-refractivity contribution in [2.24, 2.45) is 0 Å². The number of unbranched alkanes of at least 4 members (excludes halogenated alkanes) is 1. The molecule has 0 bridgehead atoms. The molecule has 0 amide bonds. The Morgan fingerprint density at radius 1 is 1.18 bits per heavy atom. The zero-order valence-corrected chi connectivity index (χ0v) is 18.8. The topological polar surface area (TPSA) is 104 Å². The van der Waals surface area contributed by atoms with E-state index in [-0.39, 0.29) is 17.8 Å². The molecule has 0 aliphatic heterocycles. The summed E-state index contributed by atoms with van der Waals surface area (Å²) in [6, 6.07) is 12.0. The second kappa shape index (κ2) is 9.11. The summed E-state index contributed by atoms with van der Waals surface area (Å²) < 4.78 is 9.16. The molecule has 1 fully saturated rings. The van der Waals surface area contributed by atoms with Gasteiger partial charge in [0, 0.05) is 36.3 Å². The summed E-state index contributed by atoms with van der Waals surface area (Å²) in [4.78, 5) is 17.9. The molecule has 9 heteroatoms. The van der Waals surface area contributed by atoms with E-state index in [9.17, 15) is 4.79 Å². The number of hydrogen-bond donors (Lipinski definition) is 1. The summed E-state index contributed by atoms with van der Waals surface area (Å²) in [6.45, 7) is 2.66. The zero-order chi connectivity index (χ0) is 22.8. The number of H-pyrrole nitrogens is 1. The molecule has 3 heterocycles. The van der Waals surface area contributed by atoms with E-state index in [4.69, 9.17) is 4.74 Å². The van der Waals surface area contributed by atoms with Gasteiger partial charge in [0.25, 0.3) is 0 Å². The third-order valence-electron chi connectivity index (χ3n) is 6.19. The van der Waals surface area contributed by atoms with Crippen molar-refractivity contribution in [1.29, 1.82) is 0 Å². The van der Waals surface area contributed by atoms with Crippen LogP contribution in [-0.2, 0) is 17.7 Å². The Labute approximate surface area is 191 Å². The number of nitrogens with one attached hydrogen (secondary N) is 1. The van der Waals surface area contributed by atoms with Crippen LogP contribution in [0.4, 0.5) is 0 Å². The minimum atomic E-state index is 0.0252. The molecule has 5 rings (SSSR count). The van der Waals surface area contributed by atoms with E-state index in [0.717, 1.165) is 53.8 Å². The molecular weight excluding hydrogens is 418 g/mol. The standard InChI is InChI=1S/C24H27N7O2/c1-3-4-7-17-15-31(21-12-22(21)33-2)24(32)30(17)14-16-10-11-20(25-13-16)18-8-5-6-9-19(18)23-26-28-29-27-23/h5-6,8-11,13,15,21-22H,3-4,7,12,14H2,1-2H3,(H,26,27,28,29). The lowest BCUT2D eigenvalue weighted by Gasteiger charge is -2.09. The summed E-state index contributed by atoms with van der Waals surface area (Å²) in [5.41, 5.74) is 4.67. The largest absolute Gasteiger partial charge is 0.379 e. The SMILES string of the molecule is CCCCc1cn(C2CC2OC)c(=O)n1Cc1ccc(-c2ccccc2-c2nn[nH]n2)nc1. The molecule has 1 N–H and O–H groups in total. The summed E-state index contributed by atoms with van der Waals surface area (Å²) in [6.07, 6.45) is 7.90. The number of imidazole rings is 1. The van der Waals surface area contributed by atoms with Gasteiger partial charge in [0.1, 0.15) is 0 Å². The highest BCUT2D eigenvalue weighted by atomic mass is 16.5. The number of ether oxygens (including phenoxy) is 1. The molecule has 2 unspecified atom stereocenters. The Bertz CT molecular complexity index is 1280. The first kappa shape index (κ1) is 21.3. The van der Waals surface area contributed by atoms with Crippen molar-refractivity contribution in [2.75, 3.05) is 7.11 Å². The van der Waals surface area contributed by atoms with E-state index in [1.165, 1.54) is 0 Å². The van der Waals surface area contributed by atoms with Gasteiger partial charge in [-0.3, -0.25) is 14.1 Å². The van der Waals surface area contributed by atoms with E-state index in [1.54, 1.807) is 7.11 Å². The molecule has 33 heavy (non-hydrogen) atoms. The number of rotatable bonds is 9. The van der Waals surface area contributed by atoms with Crippen LogP contribution < -0.4 is 5.69 Å². The van der Waals surface area contributed by atoms with Crippen LogP contribution in [0.3, 0.4) is 0 Å². The van der Waals surface area contributed by atoms with Gasteiger partial charge in [-0.05, 0) is 36.1 Å². The van der Waals surface area contributed by atoms with Gasteiger partial charge in [-0.1, -0.05) is 43.7 Å². The first-order valence-corrected chi connectivity index (χ1v) is 11.3. The van der Waals surface area contributed by atoms with Crippen LogP contribution in [0.2, 0.25) is 0 Å². The van der Waals surface area contributed by atoms with Crippen molar-refractivity contribution in [3.8, 4) is 22.6 Å². The minimum Gasteiger partial charge on any atom is -0.379 e. The fourth-order valence-electron chi connectivity index (χ4n) is 4.25. The third kappa shape index (κ3) is 4.23. The monoisotopic (exact) mass is 445 g/mol. The van der Waals surface area contributed by atoms with Crippen molar-refractivity contribution in [3.05, 3.63) is 70.5 Å². The number of benzene rings is 1. The van der Waals surface area contributed by atoms with Gasteiger partial charge >= 0.3 is 5.69 Å². The number of aryl methyl sites for hydroxylation is 1. The number of methoxy groups -OCH3 is 1. The quantitative estimate of drug-likeness (QED) is 0.424. The first-order chi connectivity index (χ1) is 16.2. The van der Waals surface area contributed by atoms with E-state index in [2.05, 4.69) is 32.5 Å². The van der Waals surface area contributed by atoms with E-state index >= 15 is 0 Å². The molecule has 2 atom stereocenters. The van der Waals surface area contributed by atoms with Gasteiger partial charge in [0.15, 0.2) is 0 Å². The fraction of sp³-hybridized carbons (Fsp3) is 0.375. The lowest BCUT2D eigenvalue weighted by Crippen LogP contribution is -2.26. The van der Waals surface area contributed by atoms with Crippen LogP contribution in [0.25, 0.3) is 22.6 Å². The molecule has 4 aromatic rings. The van der Waals surface area contributed by atoms with Crippen LogP contribution in [0.15, 0.2) is 53.6 Å². The van der Waals surface area contributed by atoms with Gasteiger partial charge in [-0.25, -0.2) is 4.79 Å². The molecule has 1 aromatic carbocycles. The van der Waals surface area contributed by atoms with Crippen molar-refractivity contribution in [1.82, 2.24) is 34.7 Å². The second-order valence-electron chi connectivity index (χ2n) is 8.41. The minimum absolute atomic E-state index is 0.0252. The molecule has 0 saturated heterocycles. The predicted molar refractivity (Wildman–Crippen MR) is 124 cm³/mol. The smallest absolute Gasteiger partial charge is 0.329 e. The molecule has 1 aliphatic carbocycles. The maximum absolute atomic E-state index is 13.2. The highest BCUT2D eigenvalue weighted by Gasteiger charge is 2.40. The lowest BCUT2D eigenvalue weighted by molar-refractivity contribution is 0.169. The maximum Gasteiger partial charge on any atom is 0.329 e. The summed E-state index contributed by atoms with van der Waals surface area (Å²) >= 11 is 0. The van der Waals surface area contributed by atoms with Crippen molar-refractivity contribution < 1.29 is 4.74 Å². The number of nitrogens with zero attached hydrogens (tertiary/aromatic N) is 6. The number of tetrazole rings is 1. The second-order valence-corrected chi connectivity index (χ2v) is 8.41. The third-order valence-corrected chi connectivity index (χ3v) is 6.19. The predicted octanol–water partition coefficient (Wildman–Crippen LogP) is 3.24. The van der Waals surface area contributed by atoms with Crippen LogP contribution in [0, 0.1) is 0 Å². The van der Waals surface area contributed by atoms with E-state index in [0.29, 0.717) is 12.4 Å². The van der Waals surface area contributed by atoms with Crippen molar-refractivity contribution in [3.63, 3.8) is 0 Å². The number of pyridine rings is 1. The maximum atomic E-state index is 13.2. The molecule has 0 radical (unpaired) electrons. The Morgan fingerprint density at radius 3 is 2.70 bits per heavy atom. The average Bonchev–Trinajstić information content (AvgIpc) is 3.29. The van der Waals surface area contributed by atoms with Crippen LogP contribution in [0.5, 0.6) is 0 Å². The van der Waals surface area contributed by atoms with Crippen LogP contribution in [-0.4, -0.2) is 48.0 Å². The molecule has 9 nitrogen and oxygen atoms in total. The van der Waals surface area contributed by atoms with Gasteiger partial charge < -0.3 is 4.74 Å². The van der Waals surface area contributed by atoms with Gasteiger partial charge in [-0.2, -0.15) is 5.21 Å². The number of hydrogen-bond acceptors (Lipinski definition) is 6. The lowest BCUT2D eigenvalue weighted by atomic mass is 10.0. The Balaban J connectivity index is 1.42. The van der Waals surface area contributed by atoms with Gasteiger partial charge in [0.2, 0.25) is 5.82 Å². The molecule has 1 saturated carbocycles. The summed E-state index contributed by atoms with van der Waals surface area (Å²) in [5.74, 6) is 0.527. The van der Waals surface area contributed by atoms with Gasteiger partial charge in [0.05, 0.1) is 24.4 Å². The molecular formula is C24H27N7O2. The zero-order valence-electron chi connectivity index (χ0n) is 18.8. The number of aromatic nitrogens is 7. The van der Waals surface area contributed by atoms with Crippen molar-refractivity contribution in [2.45, 2.75) is 51.3 Å². The average molecular weight is 446 g/mol. The Morgan fingerprint density at radius 2 is 2.03 bits per heavy atom. The Hall–Kier alpha value is -3.59. The van der Waals surface area contributed by atoms with E-state index in [1.807, 2.05) is 57.9 Å². The highest BCUT2D eigenvalue weighted by Crippen LogP contribution is 2.37. The molecule has 1 aliphatic rings. The molecule has 170 valence electrons. The normalized spacial score (nSPS) is 17.4. The molecule has 3 aromatic heterocycles. The fourth-order valence-corrected chi connectivity index (χ4v) is 4.25. The van der Waals surface area contributed by atoms with Crippen LogP contribution >= 0.6 is 0 Å². The first-order valence-electron chi connectivity index (χ1n) is 11.3. The summed E-state index contributed by atoms with van der Waals surface area (Å²) in [5, 5.41) is 14.4. The number of aromatic amines is 1. The van der Waals surface area contributed by atoms with Crippen LogP contribution in [0.1, 0.15) is 43.5 Å². The van der Waals surface area contributed by atoms with E-state index < -0.39 is 0 Å². The van der Waals surface area contributed by atoms with Gasteiger partial charge in [-0.15, -0.1) is 10.2 Å².